The Labute approximate surface area is 144 Å². The van der Waals surface area contributed by atoms with Crippen LogP contribution in [0, 0.1) is 0 Å². The molecule has 2 saturated heterocycles. The van der Waals surface area contributed by atoms with Crippen molar-refractivity contribution < 1.29 is 9.47 Å². The van der Waals surface area contributed by atoms with E-state index in [1.807, 2.05) is 7.05 Å². The third kappa shape index (κ3) is 4.48. The van der Waals surface area contributed by atoms with Crippen molar-refractivity contribution in [3.05, 3.63) is 35.4 Å². The molecule has 0 saturated carbocycles. The fraction of sp³-hybridized carbons (Fsp3) is 0.632. The van der Waals surface area contributed by atoms with Gasteiger partial charge < -0.3 is 20.1 Å². The van der Waals surface area contributed by atoms with Crippen LogP contribution in [0.1, 0.15) is 44.2 Å². The highest BCUT2D eigenvalue weighted by Gasteiger charge is 2.41. The SMILES string of the molecule is CN=C(NCc1cccc(COC(C)C)c1)NC1CC2CCC1O2. The Bertz CT molecular complexity index is 573. The molecule has 3 unspecified atom stereocenters. The fourth-order valence-electron chi connectivity index (χ4n) is 3.44. The second-order valence-corrected chi connectivity index (χ2v) is 6.97. The minimum atomic E-state index is 0.249. The monoisotopic (exact) mass is 331 g/mol. The van der Waals surface area contributed by atoms with Crippen LogP contribution >= 0.6 is 0 Å². The van der Waals surface area contributed by atoms with E-state index in [1.165, 1.54) is 17.5 Å². The van der Waals surface area contributed by atoms with E-state index < -0.39 is 0 Å². The Kier molecular flexibility index (Phi) is 5.74. The Morgan fingerprint density at radius 1 is 1.33 bits per heavy atom. The molecule has 1 aromatic carbocycles. The third-order valence-electron chi connectivity index (χ3n) is 4.69. The summed E-state index contributed by atoms with van der Waals surface area (Å²) in [5.74, 6) is 0.847. The normalized spacial score (nSPS) is 26.2. The molecule has 5 heteroatoms. The summed E-state index contributed by atoms with van der Waals surface area (Å²) in [5, 5.41) is 6.92. The lowest BCUT2D eigenvalue weighted by molar-refractivity contribution is 0.0657. The van der Waals surface area contributed by atoms with Crippen molar-refractivity contribution in [2.75, 3.05) is 7.05 Å². The molecule has 3 rings (SSSR count). The van der Waals surface area contributed by atoms with Crippen LogP contribution in [-0.4, -0.2) is 37.4 Å². The Hall–Kier alpha value is -1.59. The molecule has 0 aromatic heterocycles. The van der Waals surface area contributed by atoms with Crippen LogP contribution in [0.2, 0.25) is 0 Å². The lowest BCUT2D eigenvalue weighted by Crippen LogP contribution is -2.47. The molecule has 3 atom stereocenters. The Morgan fingerprint density at radius 2 is 2.17 bits per heavy atom. The largest absolute Gasteiger partial charge is 0.374 e. The summed E-state index contributed by atoms with van der Waals surface area (Å²) in [6.07, 6.45) is 4.51. The molecular formula is C19H29N3O2. The molecule has 2 heterocycles. The highest BCUT2D eigenvalue weighted by Crippen LogP contribution is 2.34. The molecule has 2 aliphatic rings. The summed E-state index contributed by atoms with van der Waals surface area (Å²) in [6.45, 7) is 5.51. The molecule has 2 bridgehead atoms. The van der Waals surface area contributed by atoms with Crippen molar-refractivity contribution in [3.63, 3.8) is 0 Å². The topological polar surface area (TPSA) is 54.9 Å². The first-order valence-electron chi connectivity index (χ1n) is 8.96. The first kappa shape index (κ1) is 17.2. The number of hydrogen-bond donors (Lipinski definition) is 2. The van der Waals surface area contributed by atoms with Gasteiger partial charge in [0, 0.05) is 13.6 Å². The van der Waals surface area contributed by atoms with Gasteiger partial charge in [-0.05, 0) is 44.2 Å². The lowest BCUT2D eigenvalue weighted by Gasteiger charge is -2.22. The Morgan fingerprint density at radius 3 is 2.83 bits per heavy atom. The number of rotatable bonds is 6. The van der Waals surface area contributed by atoms with E-state index in [-0.39, 0.29) is 6.10 Å². The summed E-state index contributed by atoms with van der Waals surface area (Å²) < 4.78 is 11.6. The van der Waals surface area contributed by atoms with Crippen molar-refractivity contribution in [3.8, 4) is 0 Å². The number of aliphatic imine (C=N–C) groups is 1. The molecule has 2 N–H and O–H groups in total. The molecule has 0 radical (unpaired) electrons. The van der Waals surface area contributed by atoms with Gasteiger partial charge in [-0.2, -0.15) is 0 Å². The summed E-state index contributed by atoms with van der Waals surface area (Å²) in [4.78, 5) is 4.35. The zero-order chi connectivity index (χ0) is 16.9. The molecule has 0 spiro atoms. The lowest BCUT2D eigenvalue weighted by atomic mass is 9.96. The predicted molar refractivity (Wildman–Crippen MR) is 96.0 cm³/mol. The standard InChI is InChI=1S/C19H29N3O2/c1-13(2)23-12-15-6-4-5-14(9-15)11-21-19(20-3)22-17-10-16-7-8-18(17)24-16/h4-6,9,13,16-18H,7-8,10-12H2,1-3H3,(H2,20,21,22). The number of benzene rings is 1. The zero-order valence-electron chi connectivity index (χ0n) is 14.9. The van der Waals surface area contributed by atoms with Crippen LogP contribution in [0.15, 0.2) is 29.3 Å². The van der Waals surface area contributed by atoms with Gasteiger partial charge >= 0.3 is 0 Å². The highest BCUT2D eigenvalue weighted by molar-refractivity contribution is 5.80. The highest BCUT2D eigenvalue weighted by atomic mass is 16.5. The molecule has 2 fully saturated rings. The second kappa shape index (κ2) is 7.99. The summed E-state index contributed by atoms with van der Waals surface area (Å²) >= 11 is 0. The second-order valence-electron chi connectivity index (χ2n) is 6.97. The van der Waals surface area contributed by atoms with Crippen molar-refractivity contribution in [2.45, 2.75) is 70.6 Å². The molecule has 1 aromatic rings. The fourth-order valence-corrected chi connectivity index (χ4v) is 3.44. The average molecular weight is 331 g/mol. The first-order valence-corrected chi connectivity index (χ1v) is 8.96. The molecule has 5 nitrogen and oxygen atoms in total. The van der Waals surface area contributed by atoms with Gasteiger partial charge in [-0.1, -0.05) is 24.3 Å². The Balaban J connectivity index is 1.49. The van der Waals surface area contributed by atoms with E-state index in [1.54, 1.807) is 0 Å². The minimum Gasteiger partial charge on any atom is -0.374 e. The molecule has 0 amide bonds. The molecule has 132 valence electrons. The first-order chi connectivity index (χ1) is 11.6. The van der Waals surface area contributed by atoms with Crippen molar-refractivity contribution in [1.29, 1.82) is 0 Å². The van der Waals surface area contributed by atoms with Gasteiger partial charge in [0.05, 0.1) is 31.0 Å². The maximum absolute atomic E-state index is 5.90. The average Bonchev–Trinajstić information content (AvgIpc) is 3.20. The number of ether oxygens (including phenoxy) is 2. The molecular weight excluding hydrogens is 302 g/mol. The summed E-state index contributed by atoms with van der Waals surface area (Å²) in [6, 6.07) is 8.88. The van der Waals surface area contributed by atoms with E-state index in [4.69, 9.17) is 9.47 Å². The summed E-state index contributed by atoms with van der Waals surface area (Å²) in [5.41, 5.74) is 2.43. The smallest absolute Gasteiger partial charge is 0.191 e. The number of hydrogen-bond acceptors (Lipinski definition) is 3. The van der Waals surface area contributed by atoms with Gasteiger partial charge in [0.25, 0.3) is 0 Å². The van der Waals surface area contributed by atoms with Crippen molar-refractivity contribution >= 4 is 5.96 Å². The van der Waals surface area contributed by atoms with Crippen LogP contribution in [0.5, 0.6) is 0 Å². The zero-order valence-corrected chi connectivity index (χ0v) is 14.9. The van der Waals surface area contributed by atoms with Crippen LogP contribution in [0.25, 0.3) is 0 Å². The number of guanidine groups is 1. The van der Waals surface area contributed by atoms with Gasteiger partial charge in [0.2, 0.25) is 0 Å². The van der Waals surface area contributed by atoms with Crippen LogP contribution < -0.4 is 10.6 Å². The number of nitrogens with zero attached hydrogens (tertiary/aromatic N) is 1. The molecule has 24 heavy (non-hydrogen) atoms. The van der Waals surface area contributed by atoms with E-state index in [0.29, 0.717) is 24.9 Å². The predicted octanol–water partition coefficient (Wildman–Crippen LogP) is 2.60. The van der Waals surface area contributed by atoms with Crippen LogP contribution in [0.3, 0.4) is 0 Å². The minimum absolute atomic E-state index is 0.249. The van der Waals surface area contributed by atoms with E-state index in [0.717, 1.165) is 25.3 Å². The van der Waals surface area contributed by atoms with Crippen molar-refractivity contribution in [1.82, 2.24) is 10.6 Å². The number of nitrogens with one attached hydrogen (secondary N) is 2. The van der Waals surface area contributed by atoms with E-state index >= 15 is 0 Å². The number of fused-ring (bicyclic) bond motifs is 2. The molecule has 0 aliphatic carbocycles. The van der Waals surface area contributed by atoms with E-state index in [2.05, 4.69) is 53.7 Å². The molecule has 2 aliphatic heterocycles. The third-order valence-corrected chi connectivity index (χ3v) is 4.69. The van der Waals surface area contributed by atoms with E-state index in [9.17, 15) is 0 Å². The summed E-state index contributed by atoms with van der Waals surface area (Å²) in [7, 11) is 1.82. The maximum Gasteiger partial charge on any atom is 0.191 e. The van der Waals surface area contributed by atoms with Crippen molar-refractivity contribution in [2.24, 2.45) is 4.99 Å². The van der Waals surface area contributed by atoms with Crippen LogP contribution in [-0.2, 0) is 22.6 Å². The quantitative estimate of drug-likeness (QED) is 0.621. The van der Waals surface area contributed by atoms with Gasteiger partial charge in [-0.15, -0.1) is 0 Å². The van der Waals surface area contributed by atoms with Gasteiger partial charge in [-0.25, -0.2) is 0 Å². The van der Waals surface area contributed by atoms with Crippen LogP contribution in [0.4, 0.5) is 0 Å². The maximum atomic E-state index is 5.90. The van der Waals surface area contributed by atoms with Gasteiger partial charge in [0.15, 0.2) is 5.96 Å². The van der Waals surface area contributed by atoms with Gasteiger partial charge in [-0.3, -0.25) is 4.99 Å². The van der Waals surface area contributed by atoms with Gasteiger partial charge in [0.1, 0.15) is 0 Å².